The standard InChI is InChI=1S/C27H25N5O4S/c1-19-9-5-7-13-22(19)35-15-16-36-23-14-8-6-12-21(23)18-28-30-24(33)17-25-31-32-27(37-25)29-26(34)20-10-3-2-4-11-20/h2-14,18H,15-17H2,1H3,(H,30,33)(H,29,32,34)/b28-18-. The summed E-state index contributed by atoms with van der Waals surface area (Å²) in [6, 6.07) is 23.9. The molecule has 9 nitrogen and oxygen atoms in total. The van der Waals surface area contributed by atoms with Crippen LogP contribution >= 0.6 is 11.3 Å². The van der Waals surface area contributed by atoms with Gasteiger partial charge in [0, 0.05) is 11.1 Å². The Bertz CT molecular complexity index is 1370. The second-order valence-corrected chi connectivity index (χ2v) is 8.85. The molecule has 2 N–H and O–H groups in total. The average Bonchev–Trinajstić information content (AvgIpc) is 3.35. The van der Waals surface area contributed by atoms with Gasteiger partial charge in [-0.1, -0.05) is 59.9 Å². The summed E-state index contributed by atoms with van der Waals surface area (Å²) in [7, 11) is 0. The number of nitrogens with zero attached hydrogens (tertiary/aromatic N) is 3. The molecule has 0 spiro atoms. The molecule has 0 saturated heterocycles. The fourth-order valence-corrected chi connectivity index (χ4v) is 3.96. The third-order valence-corrected chi connectivity index (χ3v) is 5.88. The number of hydrazone groups is 1. The Kier molecular flexibility index (Phi) is 8.92. The van der Waals surface area contributed by atoms with Crippen molar-refractivity contribution in [3.05, 3.63) is 101 Å². The van der Waals surface area contributed by atoms with Crippen LogP contribution in [-0.4, -0.2) is 41.4 Å². The first-order valence-corrected chi connectivity index (χ1v) is 12.3. The molecule has 1 heterocycles. The molecule has 4 rings (SSSR count). The van der Waals surface area contributed by atoms with Crippen LogP contribution in [0.2, 0.25) is 0 Å². The van der Waals surface area contributed by atoms with E-state index in [0.717, 1.165) is 22.6 Å². The first-order chi connectivity index (χ1) is 18.1. The summed E-state index contributed by atoms with van der Waals surface area (Å²) < 4.78 is 11.6. The van der Waals surface area contributed by atoms with E-state index >= 15 is 0 Å². The second-order valence-electron chi connectivity index (χ2n) is 7.79. The maximum Gasteiger partial charge on any atom is 0.257 e. The molecule has 3 aromatic carbocycles. The first kappa shape index (κ1) is 25.5. The van der Waals surface area contributed by atoms with E-state index in [0.29, 0.717) is 40.2 Å². The number of carbonyl (C=O) groups is 2. The molecule has 0 fully saturated rings. The van der Waals surface area contributed by atoms with Crippen molar-refractivity contribution in [2.24, 2.45) is 5.10 Å². The number of aromatic nitrogens is 2. The summed E-state index contributed by atoms with van der Waals surface area (Å²) in [4.78, 5) is 24.5. The van der Waals surface area contributed by atoms with Crippen molar-refractivity contribution in [3.8, 4) is 11.5 Å². The Morgan fingerprint density at radius 2 is 1.57 bits per heavy atom. The minimum Gasteiger partial charge on any atom is -0.490 e. The van der Waals surface area contributed by atoms with Gasteiger partial charge in [-0.15, -0.1) is 10.2 Å². The van der Waals surface area contributed by atoms with Gasteiger partial charge >= 0.3 is 0 Å². The third-order valence-electron chi connectivity index (χ3n) is 5.04. The van der Waals surface area contributed by atoms with E-state index in [1.165, 1.54) is 6.21 Å². The Morgan fingerprint density at radius 1 is 0.892 bits per heavy atom. The number of amides is 2. The molecule has 2 amide bonds. The van der Waals surface area contributed by atoms with Crippen molar-refractivity contribution >= 4 is 34.5 Å². The molecule has 0 unspecified atom stereocenters. The first-order valence-electron chi connectivity index (χ1n) is 11.5. The molecule has 0 aliphatic rings. The predicted octanol–water partition coefficient (Wildman–Crippen LogP) is 4.25. The highest BCUT2D eigenvalue weighted by atomic mass is 32.1. The molecule has 0 radical (unpaired) electrons. The Morgan fingerprint density at radius 3 is 2.35 bits per heavy atom. The number of carbonyl (C=O) groups excluding carboxylic acids is 2. The van der Waals surface area contributed by atoms with Crippen LogP contribution in [0.5, 0.6) is 11.5 Å². The summed E-state index contributed by atoms with van der Waals surface area (Å²) in [5, 5.41) is 15.4. The lowest BCUT2D eigenvalue weighted by molar-refractivity contribution is -0.120. The van der Waals surface area contributed by atoms with Crippen molar-refractivity contribution in [2.45, 2.75) is 13.3 Å². The maximum atomic E-state index is 12.3. The molecule has 0 aliphatic heterocycles. The van der Waals surface area contributed by atoms with Crippen LogP contribution in [0.3, 0.4) is 0 Å². The van der Waals surface area contributed by atoms with Gasteiger partial charge in [0.2, 0.25) is 11.0 Å². The van der Waals surface area contributed by atoms with Crippen LogP contribution in [0.25, 0.3) is 0 Å². The zero-order valence-corrected chi connectivity index (χ0v) is 20.9. The zero-order chi connectivity index (χ0) is 25.9. The molecule has 0 bridgehead atoms. The molecular weight excluding hydrogens is 490 g/mol. The zero-order valence-electron chi connectivity index (χ0n) is 20.1. The third kappa shape index (κ3) is 7.71. The SMILES string of the molecule is Cc1ccccc1OCCOc1ccccc1/C=N\NC(=O)Cc1nnc(NC(=O)c2ccccc2)s1. The smallest absolute Gasteiger partial charge is 0.257 e. The highest BCUT2D eigenvalue weighted by molar-refractivity contribution is 7.15. The summed E-state index contributed by atoms with van der Waals surface area (Å²) in [5.74, 6) is 0.792. The lowest BCUT2D eigenvalue weighted by Gasteiger charge is -2.11. The number of hydrogen-bond donors (Lipinski definition) is 2. The van der Waals surface area contributed by atoms with Crippen molar-refractivity contribution in [1.29, 1.82) is 0 Å². The number of aryl methyl sites for hydroxylation is 1. The van der Waals surface area contributed by atoms with Gasteiger partial charge in [0.15, 0.2) is 0 Å². The number of benzene rings is 3. The average molecular weight is 516 g/mol. The number of nitrogens with one attached hydrogen (secondary N) is 2. The second kappa shape index (κ2) is 12.9. The fraction of sp³-hybridized carbons (Fsp3) is 0.148. The van der Waals surface area contributed by atoms with Gasteiger partial charge in [-0.2, -0.15) is 5.10 Å². The molecule has 0 atom stereocenters. The molecule has 4 aromatic rings. The topological polar surface area (TPSA) is 115 Å². The van der Waals surface area contributed by atoms with Crippen molar-refractivity contribution < 1.29 is 19.1 Å². The van der Waals surface area contributed by atoms with Gasteiger partial charge < -0.3 is 9.47 Å². The molecule has 0 aliphatic carbocycles. The highest BCUT2D eigenvalue weighted by Gasteiger charge is 2.12. The van der Waals surface area contributed by atoms with Crippen LogP contribution in [0.4, 0.5) is 5.13 Å². The number of ether oxygens (including phenoxy) is 2. The minimum atomic E-state index is -0.363. The monoisotopic (exact) mass is 515 g/mol. The van der Waals surface area contributed by atoms with Gasteiger partial charge in [0.25, 0.3) is 5.91 Å². The van der Waals surface area contributed by atoms with Crippen LogP contribution in [-0.2, 0) is 11.2 Å². The Balaban J connectivity index is 1.23. The quantitative estimate of drug-likeness (QED) is 0.175. The van der Waals surface area contributed by atoms with E-state index in [1.807, 2.05) is 61.5 Å². The van der Waals surface area contributed by atoms with Crippen molar-refractivity contribution in [2.75, 3.05) is 18.5 Å². The van der Waals surface area contributed by atoms with Gasteiger partial charge in [-0.3, -0.25) is 14.9 Å². The van der Waals surface area contributed by atoms with Gasteiger partial charge in [0.05, 0.1) is 12.6 Å². The van der Waals surface area contributed by atoms with Gasteiger partial charge in [0.1, 0.15) is 29.7 Å². The molecule has 188 valence electrons. The molecule has 0 saturated carbocycles. The summed E-state index contributed by atoms with van der Waals surface area (Å²) in [6.45, 7) is 2.73. The molecule has 10 heteroatoms. The Hall–Kier alpha value is -4.57. The number of rotatable bonds is 11. The van der Waals surface area contributed by atoms with E-state index in [9.17, 15) is 9.59 Å². The minimum absolute atomic E-state index is 0.0232. The van der Waals surface area contributed by atoms with Crippen LogP contribution in [0.15, 0.2) is 84.0 Å². The van der Waals surface area contributed by atoms with E-state index in [4.69, 9.17) is 9.47 Å². The van der Waals surface area contributed by atoms with E-state index in [1.54, 1.807) is 24.3 Å². The van der Waals surface area contributed by atoms with E-state index in [-0.39, 0.29) is 18.2 Å². The molecule has 37 heavy (non-hydrogen) atoms. The number of hydrogen-bond acceptors (Lipinski definition) is 8. The van der Waals surface area contributed by atoms with Gasteiger partial charge in [-0.25, -0.2) is 5.43 Å². The van der Waals surface area contributed by atoms with Crippen LogP contribution in [0.1, 0.15) is 26.5 Å². The van der Waals surface area contributed by atoms with Crippen LogP contribution < -0.4 is 20.2 Å². The summed E-state index contributed by atoms with van der Waals surface area (Å²) >= 11 is 1.13. The number of para-hydroxylation sites is 2. The summed E-state index contributed by atoms with van der Waals surface area (Å²) in [6.07, 6.45) is 1.49. The normalized spacial score (nSPS) is 10.7. The predicted molar refractivity (Wildman–Crippen MR) is 142 cm³/mol. The lowest BCUT2D eigenvalue weighted by Crippen LogP contribution is -2.19. The van der Waals surface area contributed by atoms with Crippen LogP contribution in [0, 0.1) is 6.92 Å². The molecular formula is C27H25N5O4S. The highest BCUT2D eigenvalue weighted by Crippen LogP contribution is 2.19. The number of anilines is 1. The fourth-order valence-electron chi connectivity index (χ4n) is 3.23. The largest absolute Gasteiger partial charge is 0.490 e. The molecule has 1 aromatic heterocycles. The lowest BCUT2D eigenvalue weighted by atomic mass is 10.2. The van der Waals surface area contributed by atoms with E-state index < -0.39 is 0 Å². The Labute approximate surface area is 218 Å². The van der Waals surface area contributed by atoms with Gasteiger partial charge in [-0.05, 0) is 42.8 Å². The van der Waals surface area contributed by atoms with Crippen molar-refractivity contribution in [3.63, 3.8) is 0 Å². The maximum absolute atomic E-state index is 12.3. The van der Waals surface area contributed by atoms with Crippen molar-refractivity contribution in [1.82, 2.24) is 15.6 Å². The summed E-state index contributed by atoms with van der Waals surface area (Å²) in [5.41, 5.74) is 4.76. The van der Waals surface area contributed by atoms with E-state index in [2.05, 4.69) is 26.0 Å².